The first-order valence-corrected chi connectivity index (χ1v) is 8.25. The summed E-state index contributed by atoms with van der Waals surface area (Å²) in [6.45, 7) is 6.56. The number of hydrogen-bond acceptors (Lipinski definition) is 2. The van der Waals surface area contributed by atoms with E-state index in [-0.39, 0.29) is 5.41 Å². The van der Waals surface area contributed by atoms with Crippen LogP contribution in [0.1, 0.15) is 51.9 Å². The molecule has 0 bridgehead atoms. The van der Waals surface area contributed by atoms with Crippen LogP contribution in [0, 0.1) is 17.3 Å². The van der Waals surface area contributed by atoms with Crippen LogP contribution < -0.4 is 5.32 Å². The molecule has 2 atom stereocenters. The van der Waals surface area contributed by atoms with Crippen LogP contribution in [-0.2, 0) is 4.79 Å². The Hall–Kier alpha value is -0.570. The van der Waals surface area contributed by atoms with Gasteiger partial charge in [-0.2, -0.15) is 0 Å². The number of amides is 1. The summed E-state index contributed by atoms with van der Waals surface area (Å²) in [7, 11) is 0. The molecule has 3 rings (SSSR count). The number of likely N-dealkylation sites (tertiary alicyclic amines) is 1. The molecule has 3 nitrogen and oxygen atoms in total. The minimum absolute atomic E-state index is 0.0116. The molecule has 0 radical (unpaired) electrons. The third kappa shape index (κ3) is 2.42. The SMILES string of the molecule is CCC1(C(=O)N2CC[C@@H]3CNC[C@@H]3CC2)CCCC1. The van der Waals surface area contributed by atoms with Crippen LogP contribution in [0.4, 0.5) is 0 Å². The first-order valence-electron chi connectivity index (χ1n) is 8.25. The molecule has 108 valence electrons. The molecule has 3 aliphatic rings. The van der Waals surface area contributed by atoms with Crippen molar-refractivity contribution in [2.45, 2.75) is 51.9 Å². The number of nitrogens with zero attached hydrogens (tertiary/aromatic N) is 1. The third-order valence-electron chi connectivity index (χ3n) is 6.00. The van der Waals surface area contributed by atoms with Crippen molar-refractivity contribution in [1.82, 2.24) is 10.2 Å². The van der Waals surface area contributed by atoms with E-state index >= 15 is 0 Å². The molecular weight excluding hydrogens is 236 g/mol. The zero-order chi connectivity index (χ0) is 13.3. The highest BCUT2D eigenvalue weighted by molar-refractivity contribution is 5.83. The van der Waals surface area contributed by atoms with Crippen LogP contribution >= 0.6 is 0 Å². The van der Waals surface area contributed by atoms with E-state index in [2.05, 4.69) is 17.1 Å². The molecule has 0 spiro atoms. The zero-order valence-corrected chi connectivity index (χ0v) is 12.3. The third-order valence-corrected chi connectivity index (χ3v) is 6.00. The Morgan fingerprint density at radius 1 is 1.16 bits per heavy atom. The van der Waals surface area contributed by atoms with Crippen LogP contribution in [0.15, 0.2) is 0 Å². The Labute approximate surface area is 117 Å². The lowest BCUT2D eigenvalue weighted by molar-refractivity contribution is -0.142. The highest BCUT2D eigenvalue weighted by Crippen LogP contribution is 2.43. The second-order valence-corrected chi connectivity index (χ2v) is 6.89. The van der Waals surface area contributed by atoms with Crippen LogP contribution in [0.5, 0.6) is 0 Å². The van der Waals surface area contributed by atoms with Crippen molar-refractivity contribution in [3.8, 4) is 0 Å². The Balaban J connectivity index is 1.67. The Morgan fingerprint density at radius 3 is 2.26 bits per heavy atom. The number of rotatable bonds is 2. The van der Waals surface area contributed by atoms with E-state index in [1.165, 1.54) is 38.8 Å². The zero-order valence-electron chi connectivity index (χ0n) is 12.3. The second-order valence-electron chi connectivity index (χ2n) is 6.89. The van der Waals surface area contributed by atoms with Gasteiger partial charge < -0.3 is 10.2 Å². The summed E-state index contributed by atoms with van der Waals surface area (Å²) < 4.78 is 0. The quantitative estimate of drug-likeness (QED) is 0.830. The second kappa shape index (κ2) is 5.43. The summed E-state index contributed by atoms with van der Waals surface area (Å²) in [5.74, 6) is 2.12. The maximum Gasteiger partial charge on any atom is 0.228 e. The maximum absolute atomic E-state index is 12.9. The topological polar surface area (TPSA) is 32.3 Å². The molecule has 2 heterocycles. The normalized spacial score (nSPS) is 34.1. The van der Waals surface area contributed by atoms with E-state index in [0.717, 1.165) is 44.2 Å². The fourth-order valence-corrected chi connectivity index (χ4v) is 4.53. The highest BCUT2D eigenvalue weighted by atomic mass is 16.2. The van der Waals surface area contributed by atoms with E-state index in [1.807, 2.05) is 0 Å². The summed E-state index contributed by atoms with van der Waals surface area (Å²) in [6.07, 6.45) is 8.23. The van der Waals surface area contributed by atoms with Gasteiger partial charge in [0.15, 0.2) is 0 Å². The van der Waals surface area contributed by atoms with Gasteiger partial charge in [0.2, 0.25) is 5.91 Å². The largest absolute Gasteiger partial charge is 0.342 e. The average molecular weight is 264 g/mol. The predicted octanol–water partition coefficient (Wildman–Crippen LogP) is 2.41. The van der Waals surface area contributed by atoms with Crippen molar-refractivity contribution in [1.29, 1.82) is 0 Å². The molecule has 0 aromatic rings. The van der Waals surface area contributed by atoms with Gasteiger partial charge in [-0.05, 0) is 57.0 Å². The average Bonchev–Trinajstić information content (AvgIpc) is 3.05. The molecule has 3 heteroatoms. The molecular formula is C16H28N2O. The van der Waals surface area contributed by atoms with E-state index in [9.17, 15) is 4.79 Å². The monoisotopic (exact) mass is 264 g/mol. The Bertz CT molecular complexity index is 322. The molecule has 2 aliphatic heterocycles. The number of carbonyl (C=O) groups is 1. The summed E-state index contributed by atoms with van der Waals surface area (Å²) in [6, 6.07) is 0. The van der Waals surface area contributed by atoms with Gasteiger partial charge in [0.25, 0.3) is 0 Å². The van der Waals surface area contributed by atoms with E-state index < -0.39 is 0 Å². The van der Waals surface area contributed by atoms with Gasteiger partial charge in [0.1, 0.15) is 0 Å². The minimum atomic E-state index is 0.0116. The highest BCUT2D eigenvalue weighted by Gasteiger charge is 2.43. The van der Waals surface area contributed by atoms with Gasteiger partial charge in [0, 0.05) is 18.5 Å². The van der Waals surface area contributed by atoms with E-state index in [1.54, 1.807) is 0 Å². The fourth-order valence-electron chi connectivity index (χ4n) is 4.53. The first kappa shape index (κ1) is 13.4. The lowest BCUT2D eigenvalue weighted by atomic mass is 9.82. The van der Waals surface area contributed by atoms with Crippen molar-refractivity contribution >= 4 is 5.91 Å². The van der Waals surface area contributed by atoms with E-state index in [4.69, 9.17) is 0 Å². The first-order chi connectivity index (χ1) is 9.25. The lowest BCUT2D eigenvalue weighted by Gasteiger charge is -2.33. The number of fused-ring (bicyclic) bond motifs is 1. The molecule has 0 aromatic carbocycles. The number of carbonyl (C=O) groups excluding carboxylic acids is 1. The minimum Gasteiger partial charge on any atom is -0.342 e. The lowest BCUT2D eigenvalue weighted by Crippen LogP contribution is -2.43. The smallest absolute Gasteiger partial charge is 0.228 e. The van der Waals surface area contributed by atoms with Gasteiger partial charge >= 0.3 is 0 Å². The number of hydrogen-bond donors (Lipinski definition) is 1. The predicted molar refractivity (Wildman–Crippen MR) is 76.9 cm³/mol. The van der Waals surface area contributed by atoms with Crippen molar-refractivity contribution < 1.29 is 4.79 Å². The molecule has 2 saturated heterocycles. The molecule has 0 unspecified atom stereocenters. The van der Waals surface area contributed by atoms with Gasteiger partial charge in [-0.25, -0.2) is 0 Å². The Morgan fingerprint density at radius 2 is 1.74 bits per heavy atom. The van der Waals surface area contributed by atoms with Crippen molar-refractivity contribution in [3.05, 3.63) is 0 Å². The summed E-state index contributed by atoms with van der Waals surface area (Å²) in [5, 5.41) is 3.51. The molecule has 1 amide bonds. The summed E-state index contributed by atoms with van der Waals surface area (Å²) in [5.41, 5.74) is 0.0116. The van der Waals surface area contributed by atoms with Gasteiger partial charge in [-0.1, -0.05) is 19.8 Å². The van der Waals surface area contributed by atoms with Gasteiger partial charge in [-0.15, -0.1) is 0 Å². The van der Waals surface area contributed by atoms with Crippen LogP contribution in [0.25, 0.3) is 0 Å². The van der Waals surface area contributed by atoms with Crippen LogP contribution in [-0.4, -0.2) is 37.0 Å². The van der Waals surface area contributed by atoms with Crippen LogP contribution in [0.3, 0.4) is 0 Å². The van der Waals surface area contributed by atoms with Crippen molar-refractivity contribution in [2.24, 2.45) is 17.3 Å². The Kier molecular flexibility index (Phi) is 3.84. The fraction of sp³-hybridized carbons (Fsp3) is 0.938. The molecule has 0 aromatic heterocycles. The molecule has 1 N–H and O–H groups in total. The van der Waals surface area contributed by atoms with Gasteiger partial charge in [0.05, 0.1) is 0 Å². The molecule has 3 fully saturated rings. The summed E-state index contributed by atoms with van der Waals surface area (Å²) in [4.78, 5) is 15.2. The van der Waals surface area contributed by atoms with E-state index in [0.29, 0.717) is 5.91 Å². The van der Waals surface area contributed by atoms with Crippen LogP contribution in [0.2, 0.25) is 0 Å². The number of nitrogens with one attached hydrogen (secondary N) is 1. The molecule has 19 heavy (non-hydrogen) atoms. The van der Waals surface area contributed by atoms with Crippen molar-refractivity contribution in [3.63, 3.8) is 0 Å². The summed E-state index contributed by atoms with van der Waals surface area (Å²) >= 11 is 0. The molecule has 1 saturated carbocycles. The van der Waals surface area contributed by atoms with Crippen molar-refractivity contribution in [2.75, 3.05) is 26.2 Å². The van der Waals surface area contributed by atoms with Gasteiger partial charge in [-0.3, -0.25) is 4.79 Å². The maximum atomic E-state index is 12.9. The standard InChI is InChI=1S/C16H28N2O/c1-2-16(7-3-4-8-16)15(19)18-9-5-13-11-17-12-14(13)6-10-18/h13-14,17H,2-12H2,1H3/t13-,14+. The molecule has 1 aliphatic carbocycles.